The number of rotatable bonds is 5. The van der Waals surface area contributed by atoms with Crippen molar-refractivity contribution in [3.63, 3.8) is 0 Å². The highest BCUT2D eigenvalue weighted by atomic mass is 16.4. The number of aromatic amines is 1. The lowest BCUT2D eigenvalue weighted by Gasteiger charge is -2.11. The van der Waals surface area contributed by atoms with Gasteiger partial charge < -0.3 is 10.4 Å². The zero-order chi connectivity index (χ0) is 15.2. The van der Waals surface area contributed by atoms with Crippen molar-refractivity contribution in [2.24, 2.45) is 0 Å². The number of aliphatic carboxylic acids is 1. The standard InChI is InChI=1S/C14H14N4O3/c1-9(13-15-8-16-18-13)17-14(21)11-4-2-3-10(7-11)5-6-12(19)20/h2-9H,1H3,(H,17,21)(H,19,20)(H,15,16,18)/b6-5+. The Hall–Kier alpha value is -2.96. The highest BCUT2D eigenvalue weighted by Gasteiger charge is 2.13. The van der Waals surface area contributed by atoms with Crippen LogP contribution in [0, 0.1) is 0 Å². The van der Waals surface area contributed by atoms with E-state index in [4.69, 9.17) is 5.11 Å². The van der Waals surface area contributed by atoms with Crippen LogP contribution < -0.4 is 5.32 Å². The van der Waals surface area contributed by atoms with Crippen molar-refractivity contribution in [1.82, 2.24) is 20.5 Å². The van der Waals surface area contributed by atoms with Crippen LogP contribution in [0.15, 0.2) is 36.7 Å². The molecular weight excluding hydrogens is 272 g/mol. The molecule has 2 rings (SSSR count). The second kappa shape index (κ2) is 6.47. The Morgan fingerprint density at radius 3 is 2.90 bits per heavy atom. The third kappa shape index (κ3) is 4.00. The van der Waals surface area contributed by atoms with Crippen LogP contribution in [0.2, 0.25) is 0 Å². The van der Waals surface area contributed by atoms with E-state index in [-0.39, 0.29) is 11.9 Å². The number of H-pyrrole nitrogens is 1. The summed E-state index contributed by atoms with van der Waals surface area (Å²) in [5.74, 6) is -0.751. The van der Waals surface area contributed by atoms with E-state index < -0.39 is 5.97 Å². The summed E-state index contributed by atoms with van der Waals surface area (Å²) in [7, 11) is 0. The number of aromatic nitrogens is 3. The van der Waals surface area contributed by atoms with Gasteiger partial charge in [-0.1, -0.05) is 12.1 Å². The first-order chi connectivity index (χ1) is 10.1. The number of carboxylic acid groups (broad SMARTS) is 1. The molecule has 1 aromatic heterocycles. The molecule has 0 aliphatic rings. The number of nitrogens with zero attached hydrogens (tertiary/aromatic N) is 2. The maximum absolute atomic E-state index is 12.1. The topological polar surface area (TPSA) is 108 Å². The highest BCUT2D eigenvalue weighted by Crippen LogP contribution is 2.10. The summed E-state index contributed by atoms with van der Waals surface area (Å²) >= 11 is 0. The molecule has 0 saturated heterocycles. The average molecular weight is 286 g/mol. The Kier molecular flexibility index (Phi) is 4.45. The summed E-state index contributed by atoms with van der Waals surface area (Å²) in [5.41, 5.74) is 1.08. The number of hydrogen-bond acceptors (Lipinski definition) is 4. The van der Waals surface area contributed by atoms with Gasteiger partial charge >= 0.3 is 5.97 Å². The molecule has 1 unspecified atom stereocenters. The van der Waals surface area contributed by atoms with E-state index in [0.717, 1.165) is 6.08 Å². The zero-order valence-electron chi connectivity index (χ0n) is 11.3. The van der Waals surface area contributed by atoms with Crippen LogP contribution in [0.4, 0.5) is 0 Å². The van der Waals surface area contributed by atoms with Crippen molar-refractivity contribution in [2.75, 3.05) is 0 Å². The first kappa shape index (κ1) is 14.4. The predicted octanol–water partition coefficient (Wildman–Crippen LogP) is 1.39. The summed E-state index contributed by atoms with van der Waals surface area (Å²) < 4.78 is 0. The van der Waals surface area contributed by atoms with E-state index in [1.54, 1.807) is 31.2 Å². The number of hydrogen-bond donors (Lipinski definition) is 3. The van der Waals surface area contributed by atoms with Gasteiger partial charge in [0.1, 0.15) is 12.2 Å². The molecule has 0 aliphatic heterocycles. The van der Waals surface area contributed by atoms with Crippen molar-refractivity contribution in [3.8, 4) is 0 Å². The maximum Gasteiger partial charge on any atom is 0.328 e. The lowest BCUT2D eigenvalue weighted by molar-refractivity contribution is -0.131. The molecule has 108 valence electrons. The third-order valence-electron chi connectivity index (χ3n) is 2.76. The molecule has 0 saturated carbocycles. The zero-order valence-corrected chi connectivity index (χ0v) is 11.3. The molecule has 1 atom stereocenters. The number of benzene rings is 1. The van der Waals surface area contributed by atoms with Crippen LogP contribution >= 0.6 is 0 Å². The van der Waals surface area contributed by atoms with Gasteiger partial charge in [-0.2, -0.15) is 5.10 Å². The SMILES string of the molecule is CC(NC(=O)c1cccc(/C=C/C(=O)O)c1)c1ncn[nH]1. The number of carbonyl (C=O) groups excluding carboxylic acids is 1. The van der Waals surface area contributed by atoms with Gasteiger partial charge in [0.2, 0.25) is 0 Å². The van der Waals surface area contributed by atoms with Crippen LogP contribution in [0.3, 0.4) is 0 Å². The number of amides is 1. The average Bonchev–Trinajstić information content (AvgIpc) is 2.99. The molecule has 3 N–H and O–H groups in total. The molecular formula is C14H14N4O3. The Morgan fingerprint density at radius 2 is 2.24 bits per heavy atom. The third-order valence-corrected chi connectivity index (χ3v) is 2.76. The molecule has 1 heterocycles. The van der Waals surface area contributed by atoms with Crippen molar-refractivity contribution in [2.45, 2.75) is 13.0 Å². The molecule has 0 spiro atoms. The van der Waals surface area contributed by atoms with Crippen LogP contribution in [0.25, 0.3) is 6.08 Å². The number of carbonyl (C=O) groups is 2. The van der Waals surface area contributed by atoms with Gasteiger partial charge in [0.15, 0.2) is 0 Å². The van der Waals surface area contributed by atoms with E-state index in [1.807, 2.05) is 0 Å². The van der Waals surface area contributed by atoms with E-state index in [9.17, 15) is 9.59 Å². The molecule has 0 aliphatic carbocycles. The van der Waals surface area contributed by atoms with Gasteiger partial charge in [-0.25, -0.2) is 9.78 Å². The Bertz CT molecular complexity index is 665. The second-order valence-electron chi connectivity index (χ2n) is 4.36. The van der Waals surface area contributed by atoms with Gasteiger partial charge in [0, 0.05) is 11.6 Å². The van der Waals surface area contributed by atoms with Gasteiger partial charge in [-0.15, -0.1) is 0 Å². The van der Waals surface area contributed by atoms with E-state index in [0.29, 0.717) is 17.0 Å². The minimum Gasteiger partial charge on any atom is -0.478 e. The Morgan fingerprint density at radius 1 is 1.43 bits per heavy atom. The minimum absolute atomic E-state index is 0.274. The predicted molar refractivity (Wildman–Crippen MR) is 75.4 cm³/mol. The Labute approximate surface area is 120 Å². The van der Waals surface area contributed by atoms with Crippen LogP contribution in [0.5, 0.6) is 0 Å². The number of carboxylic acids is 1. The highest BCUT2D eigenvalue weighted by molar-refractivity contribution is 5.95. The largest absolute Gasteiger partial charge is 0.478 e. The van der Waals surface area contributed by atoms with Crippen LogP contribution in [-0.2, 0) is 4.79 Å². The first-order valence-corrected chi connectivity index (χ1v) is 6.23. The molecule has 2 aromatic rings. The van der Waals surface area contributed by atoms with Crippen LogP contribution in [0.1, 0.15) is 34.7 Å². The lowest BCUT2D eigenvalue weighted by Crippen LogP contribution is -2.27. The molecule has 1 aromatic carbocycles. The quantitative estimate of drug-likeness (QED) is 0.720. The first-order valence-electron chi connectivity index (χ1n) is 6.23. The second-order valence-corrected chi connectivity index (χ2v) is 4.36. The number of nitrogens with one attached hydrogen (secondary N) is 2. The summed E-state index contributed by atoms with van der Waals surface area (Å²) in [5, 5.41) is 17.8. The molecule has 1 amide bonds. The van der Waals surface area contributed by atoms with E-state index >= 15 is 0 Å². The van der Waals surface area contributed by atoms with Crippen molar-refractivity contribution in [3.05, 3.63) is 53.6 Å². The summed E-state index contributed by atoms with van der Waals surface area (Å²) in [6.07, 6.45) is 3.82. The molecule has 0 bridgehead atoms. The maximum atomic E-state index is 12.1. The molecule has 7 nitrogen and oxygen atoms in total. The minimum atomic E-state index is -1.04. The van der Waals surface area contributed by atoms with Crippen LogP contribution in [-0.4, -0.2) is 32.2 Å². The smallest absolute Gasteiger partial charge is 0.328 e. The fourth-order valence-electron chi connectivity index (χ4n) is 1.72. The van der Waals surface area contributed by atoms with Crippen molar-refractivity contribution >= 4 is 18.0 Å². The monoisotopic (exact) mass is 286 g/mol. The fraction of sp³-hybridized carbons (Fsp3) is 0.143. The molecule has 21 heavy (non-hydrogen) atoms. The van der Waals surface area contributed by atoms with Gasteiger partial charge in [0.25, 0.3) is 5.91 Å². The molecule has 0 fully saturated rings. The van der Waals surface area contributed by atoms with Crippen molar-refractivity contribution in [1.29, 1.82) is 0 Å². The molecule has 0 radical (unpaired) electrons. The van der Waals surface area contributed by atoms with Gasteiger partial charge in [-0.05, 0) is 30.7 Å². The summed E-state index contributed by atoms with van der Waals surface area (Å²) in [6, 6.07) is 6.37. The summed E-state index contributed by atoms with van der Waals surface area (Å²) in [6.45, 7) is 1.78. The fourth-order valence-corrected chi connectivity index (χ4v) is 1.72. The van der Waals surface area contributed by atoms with E-state index in [1.165, 1.54) is 12.4 Å². The lowest BCUT2D eigenvalue weighted by atomic mass is 10.1. The van der Waals surface area contributed by atoms with Gasteiger partial charge in [-0.3, -0.25) is 9.89 Å². The van der Waals surface area contributed by atoms with E-state index in [2.05, 4.69) is 20.5 Å². The van der Waals surface area contributed by atoms with Crippen molar-refractivity contribution < 1.29 is 14.7 Å². The summed E-state index contributed by atoms with van der Waals surface area (Å²) in [4.78, 5) is 26.6. The molecule has 7 heteroatoms. The normalized spacial score (nSPS) is 12.2. The van der Waals surface area contributed by atoms with Gasteiger partial charge in [0.05, 0.1) is 6.04 Å². The Balaban J connectivity index is 2.09.